The van der Waals surface area contributed by atoms with E-state index in [0.717, 1.165) is 24.9 Å². The first kappa shape index (κ1) is 10.2. The highest BCUT2D eigenvalue weighted by molar-refractivity contribution is 5.74. The van der Waals surface area contributed by atoms with E-state index in [2.05, 4.69) is 25.6 Å². The molecule has 17 heavy (non-hydrogen) atoms. The van der Waals surface area contributed by atoms with Crippen LogP contribution in [0.1, 0.15) is 6.42 Å². The summed E-state index contributed by atoms with van der Waals surface area (Å²) in [6.07, 6.45) is 2.77. The van der Waals surface area contributed by atoms with E-state index in [9.17, 15) is 4.79 Å². The van der Waals surface area contributed by atoms with Gasteiger partial charge in [-0.1, -0.05) is 0 Å². The molecule has 88 valence electrons. The number of fused-ring (bicyclic) bond motifs is 1. The van der Waals surface area contributed by atoms with Crippen molar-refractivity contribution in [2.75, 3.05) is 18.4 Å². The van der Waals surface area contributed by atoms with Crippen LogP contribution in [0.3, 0.4) is 0 Å². The smallest absolute Gasteiger partial charge is 0.249 e. The molecular formula is C11H13N5O. The van der Waals surface area contributed by atoms with Gasteiger partial charge in [0.1, 0.15) is 5.65 Å². The molecule has 1 saturated heterocycles. The average Bonchev–Trinajstić information content (AvgIpc) is 2.81. The Labute approximate surface area is 97.5 Å². The van der Waals surface area contributed by atoms with Crippen LogP contribution in [0.15, 0.2) is 23.1 Å². The Balaban J connectivity index is 1.92. The molecule has 2 aromatic heterocycles. The van der Waals surface area contributed by atoms with Crippen LogP contribution in [0.25, 0.3) is 11.0 Å². The molecule has 6 heteroatoms. The van der Waals surface area contributed by atoms with Crippen molar-refractivity contribution in [2.45, 2.75) is 12.5 Å². The van der Waals surface area contributed by atoms with E-state index in [-0.39, 0.29) is 5.56 Å². The number of pyridine rings is 1. The molecule has 1 atom stereocenters. The van der Waals surface area contributed by atoms with Crippen LogP contribution in [0.4, 0.5) is 5.95 Å². The molecule has 0 unspecified atom stereocenters. The zero-order valence-corrected chi connectivity index (χ0v) is 9.23. The van der Waals surface area contributed by atoms with E-state index in [4.69, 9.17) is 0 Å². The summed E-state index contributed by atoms with van der Waals surface area (Å²) in [5, 5.41) is 7.34. The van der Waals surface area contributed by atoms with Crippen molar-refractivity contribution in [3.05, 3.63) is 28.7 Å². The van der Waals surface area contributed by atoms with Crippen LogP contribution in [-0.4, -0.2) is 34.1 Å². The van der Waals surface area contributed by atoms with Crippen molar-refractivity contribution in [3.63, 3.8) is 0 Å². The van der Waals surface area contributed by atoms with Gasteiger partial charge in [-0.2, -0.15) is 4.98 Å². The lowest BCUT2D eigenvalue weighted by atomic mass is 10.3. The highest BCUT2D eigenvalue weighted by atomic mass is 16.1. The molecule has 0 bridgehead atoms. The molecule has 0 aliphatic carbocycles. The van der Waals surface area contributed by atoms with Crippen molar-refractivity contribution < 1.29 is 0 Å². The van der Waals surface area contributed by atoms with Crippen LogP contribution in [-0.2, 0) is 0 Å². The fourth-order valence-corrected chi connectivity index (χ4v) is 1.97. The van der Waals surface area contributed by atoms with E-state index in [1.54, 1.807) is 12.3 Å². The zero-order valence-electron chi connectivity index (χ0n) is 9.23. The summed E-state index contributed by atoms with van der Waals surface area (Å²) in [5.41, 5.74) is 0.422. The predicted molar refractivity (Wildman–Crippen MR) is 65.1 cm³/mol. The zero-order chi connectivity index (χ0) is 11.7. The largest absolute Gasteiger partial charge is 0.350 e. The SMILES string of the molecule is O=c1ccc2cnc(N[C@@H]3CCNC3)nc2[nH]1. The second-order valence-electron chi connectivity index (χ2n) is 4.15. The fraction of sp³-hybridized carbons (Fsp3) is 0.364. The number of hydrogen-bond acceptors (Lipinski definition) is 5. The van der Waals surface area contributed by atoms with Crippen molar-refractivity contribution in [3.8, 4) is 0 Å². The number of H-pyrrole nitrogens is 1. The topological polar surface area (TPSA) is 82.7 Å². The molecule has 6 nitrogen and oxygen atoms in total. The van der Waals surface area contributed by atoms with Gasteiger partial charge < -0.3 is 15.6 Å². The summed E-state index contributed by atoms with van der Waals surface area (Å²) in [6.45, 7) is 1.94. The highest BCUT2D eigenvalue weighted by Crippen LogP contribution is 2.10. The lowest BCUT2D eigenvalue weighted by Gasteiger charge is -2.10. The van der Waals surface area contributed by atoms with Gasteiger partial charge in [0.05, 0.1) is 0 Å². The molecule has 1 fully saturated rings. The molecule has 3 N–H and O–H groups in total. The van der Waals surface area contributed by atoms with Crippen LogP contribution in [0.2, 0.25) is 0 Å². The molecule has 0 radical (unpaired) electrons. The number of nitrogens with zero attached hydrogens (tertiary/aromatic N) is 2. The average molecular weight is 231 g/mol. The van der Waals surface area contributed by atoms with Gasteiger partial charge in [-0.25, -0.2) is 4.98 Å². The lowest BCUT2D eigenvalue weighted by Crippen LogP contribution is -2.23. The standard InChI is InChI=1S/C11H13N5O/c17-9-2-1-7-5-13-11(16-10(7)15-9)14-8-3-4-12-6-8/h1-2,5,8,12H,3-4,6H2,(H2,13,14,15,16,17)/t8-/m1/s1. The van der Waals surface area contributed by atoms with Gasteiger partial charge in [-0.15, -0.1) is 0 Å². The quantitative estimate of drug-likeness (QED) is 0.682. The summed E-state index contributed by atoms with van der Waals surface area (Å²) in [5.74, 6) is 0.563. The number of nitrogens with one attached hydrogen (secondary N) is 3. The molecule has 0 amide bonds. The van der Waals surface area contributed by atoms with Crippen LogP contribution in [0, 0.1) is 0 Å². The minimum Gasteiger partial charge on any atom is -0.350 e. The number of aromatic nitrogens is 3. The Morgan fingerprint density at radius 2 is 2.35 bits per heavy atom. The molecule has 2 aromatic rings. The van der Waals surface area contributed by atoms with Gasteiger partial charge in [0, 0.05) is 30.2 Å². The minimum atomic E-state index is -0.148. The Morgan fingerprint density at radius 1 is 1.41 bits per heavy atom. The summed E-state index contributed by atoms with van der Waals surface area (Å²) < 4.78 is 0. The van der Waals surface area contributed by atoms with Crippen LogP contribution in [0.5, 0.6) is 0 Å². The molecule has 1 aliphatic rings. The molecule has 0 saturated carbocycles. The second kappa shape index (κ2) is 4.14. The first-order chi connectivity index (χ1) is 8.31. The summed E-state index contributed by atoms with van der Waals surface area (Å²) >= 11 is 0. The molecule has 0 aromatic carbocycles. The lowest BCUT2D eigenvalue weighted by molar-refractivity contribution is 0.781. The number of rotatable bonds is 2. The minimum absolute atomic E-state index is 0.148. The molecule has 0 spiro atoms. The molecule has 1 aliphatic heterocycles. The Bertz CT molecular complexity index is 588. The molecular weight excluding hydrogens is 218 g/mol. The Morgan fingerprint density at radius 3 is 3.18 bits per heavy atom. The summed E-state index contributed by atoms with van der Waals surface area (Å²) in [6, 6.07) is 3.55. The van der Waals surface area contributed by atoms with Gasteiger partial charge >= 0.3 is 0 Å². The summed E-state index contributed by atoms with van der Waals surface area (Å²) in [4.78, 5) is 22.4. The van der Waals surface area contributed by atoms with E-state index in [0.29, 0.717) is 17.6 Å². The van der Waals surface area contributed by atoms with E-state index < -0.39 is 0 Å². The maximum atomic E-state index is 11.2. The fourth-order valence-electron chi connectivity index (χ4n) is 1.97. The van der Waals surface area contributed by atoms with E-state index in [1.165, 1.54) is 6.07 Å². The van der Waals surface area contributed by atoms with Crippen molar-refractivity contribution in [2.24, 2.45) is 0 Å². The highest BCUT2D eigenvalue weighted by Gasteiger charge is 2.14. The van der Waals surface area contributed by atoms with Crippen molar-refractivity contribution in [1.29, 1.82) is 0 Å². The first-order valence-corrected chi connectivity index (χ1v) is 5.64. The third kappa shape index (κ3) is 2.12. The third-order valence-electron chi connectivity index (χ3n) is 2.87. The summed E-state index contributed by atoms with van der Waals surface area (Å²) in [7, 11) is 0. The number of anilines is 1. The van der Waals surface area contributed by atoms with Crippen LogP contribution < -0.4 is 16.2 Å². The van der Waals surface area contributed by atoms with Gasteiger partial charge in [0.15, 0.2) is 0 Å². The Kier molecular flexibility index (Phi) is 2.49. The Hall–Kier alpha value is -1.95. The van der Waals surface area contributed by atoms with Crippen molar-refractivity contribution in [1.82, 2.24) is 20.3 Å². The van der Waals surface area contributed by atoms with E-state index >= 15 is 0 Å². The van der Waals surface area contributed by atoms with Gasteiger partial charge in [-0.05, 0) is 19.0 Å². The number of aromatic amines is 1. The van der Waals surface area contributed by atoms with Gasteiger partial charge in [0.2, 0.25) is 11.5 Å². The normalized spacial score (nSPS) is 19.6. The first-order valence-electron chi connectivity index (χ1n) is 5.64. The van der Waals surface area contributed by atoms with Gasteiger partial charge in [-0.3, -0.25) is 4.79 Å². The molecule has 3 heterocycles. The maximum absolute atomic E-state index is 11.2. The second-order valence-corrected chi connectivity index (χ2v) is 4.15. The van der Waals surface area contributed by atoms with Crippen LogP contribution >= 0.6 is 0 Å². The molecule has 3 rings (SSSR count). The predicted octanol–water partition coefficient (Wildman–Crippen LogP) is 0.0919. The third-order valence-corrected chi connectivity index (χ3v) is 2.87. The van der Waals surface area contributed by atoms with E-state index in [1.807, 2.05) is 0 Å². The van der Waals surface area contributed by atoms with Crippen molar-refractivity contribution >= 4 is 17.0 Å². The maximum Gasteiger partial charge on any atom is 0.249 e. The van der Waals surface area contributed by atoms with Gasteiger partial charge in [0.25, 0.3) is 0 Å². The monoisotopic (exact) mass is 231 g/mol. The number of hydrogen-bond donors (Lipinski definition) is 3.